The molecule has 0 saturated carbocycles. The van der Waals surface area contributed by atoms with Crippen LogP contribution in [-0.2, 0) is 6.54 Å². The Labute approximate surface area is 86.2 Å². The number of aromatic nitrogens is 3. The highest BCUT2D eigenvalue weighted by atomic mass is 16.1. The molecule has 0 atom stereocenters. The van der Waals surface area contributed by atoms with Crippen molar-refractivity contribution in [1.82, 2.24) is 14.5 Å². The maximum Gasteiger partial charge on any atom is 0.253 e. The Morgan fingerprint density at radius 2 is 2.20 bits per heavy atom. The molecule has 2 aromatic heterocycles. The summed E-state index contributed by atoms with van der Waals surface area (Å²) in [6.45, 7) is 0.458. The lowest BCUT2D eigenvalue weighted by Gasteiger charge is -2.04. The molecule has 0 fully saturated rings. The normalized spacial score (nSPS) is 10.1. The van der Waals surface area contributed by atoms with E-state index in [1.165, 1.54) is 23.2 Å². The van der Waals surface area contributed by atoms with Crippen molar-refractivity contribution in [3.8, 4) is 0 Å². The van der Waals surface area contributed by atoms with E-state index in [0.29, 0.717) is 12.4 Å². The molecule has 2 heterocycles. The summed E-state index contributed by atoms with van der Waals surface area (Å²) in [5.74, 6) is 0.449. The third-order valence-electron chi connectivity index (χ3n) is 1.99. The number of anilines is 1. The molecule has 2 rings (SSSR count). The van der Waals surface area contributed by atoms with E-state index in [4.69, 9.17) is 5.73 Å². The Morgan fingerprint density at radius 3 is 2.93 bits per heavy atom. The molecule has 0 amide bonds. The lowest BCUT2D eigenvalue weighted by atomic mass is 10.2. The van der Waals surface area contributed by atoms with Gasteiger partial charge in [0.2, 0.25) is 0 Å². The van der Waals surface area contributed by atoms with E-state index in [2.05, 4.69) is 9.97 Å². The maximum absolute atomic E-state index is 11.4. The van der Waals surface area contributed by atoms with Crippen LogP contribution >= 0.6 is 0 Å². The zero-order valence-electron chi connectivity index (χ0n) is 8.00. The second kappa shape index (κ2) is 3.91. The molecule has 2 N–H and O–H groups in total. The summed E-state index contributed by atoms with van der Waals surface area (Å²) >= 11 is 0. The first kappa shape index (κ1) is 9.39. The molecule has 5 heteroatoms. The van der Waals surface area contributed by atoms with Crippen molar-refractivity contribution in [2.24, 2.45) is 0 Å². The molecule has 0 aromatic carbocycles. The number of nitrogens with zero attached hydrogens (tertiary/aromatic N) is 3. The monoisotopic (exact) mass is 202 g/mol. The molecule has 0 saturated heterocycles. The standard InChI is InChI=1S/C10H10N4O/c11-9-5-8(1-4-13-9)6-14-7-12-3-2-10(14)15/h1-5,7H,6H2,(H2,11,13). The van der Waals surface area contributed by atoms with Gasteiger partial charge in [-0.05, 0) is 17.7 Å². The smallest absolute Gasteiger partial charge is 0.253 e. The summed E-state index contributed by atoms with van der Waals surface area (Å²) in [7, 11) is 0. The molecular formula is C10H10N4O. The SMILES string of the molecule is Nc1cc(Cn2cnccc2=O)ccn1. The van der Waals surface area contributed by atoms with Gasteiger partial charge in [-0.3, -0.25) is 9.36 Å². The van der Waals surface area contributed by atoms with Crippen molar-refractivity contribution >= 4 is 5.82 Å². The zero-order valence-corrected chi connectivity index (χ0v) is 8.00. The highest BCUT2D eigenvalue weighted by molar-refractivity contribution is 5.31. The highest BCUT2D eigenvalue weighted by Crippen LogP contribution is 2.03. The van der Waals surface area contributed by atoms with Crippen LogP contribution in [0, 0.1) is 0 Å². The summed E-state index contributed by atoms with van der Waals surface area (Å²) in [5, 5.41) is 0. The topological polar surface area (TPSA) is 73.8 Å². The molecule has 0 aliphatic carbocycles. The van der Waals surface area contributed by atoms with Gasteiger partial charge in [-0.15, -0.1) is 0 Å². The Bertz CT molecular complexity index is 521. The van der Waals surface area contributed by atoms with Crippen molar-refractivity contribution < 1.29 is 0 Å². The van der Waals surface area contributed by atoms with Gasteiger partial charge >= 0.3 is 0 Å². The fourth-order valence-corrected chi connectivity index (χ4v) is 1.29. The van der Waals surface area contributed by atoms with Crippen LogP contribution in [0.1, 0.15) is 5.56 Å². The van der Waals surface area contributed by atoms with Gasteiger partial charge in [0.05, 0.1) is 12.9 Å². The van der Waals surface area contributed by atoms with E-state index < -0.39 is 0 Å². The average molecular weight is 202 g/mol. The number of hydrogen-bond acceptors (Lipinski definition) is 4. The molecule has 0 unspecified atom stereocenters. The molecule has 0 radical (unpaired) electrons. The van der Waals surface area contributed by atoms with Crippen LogP contribution in [0.3, 0.4) is 0 Å². The summed E-state index contributed by atoms with van der Waals surface area (Å²) in [5.41, 5.74) is 6.38. The summed E-state index contributed by atoms with van der Waals surface area (Å²) in [4.78, 5) is 19.1. The van der Waals surface area contributed by atoms with E-state index in [1.807, 2.05) is 6.07 Å². The van der Waals surface area contributed by atoms with E-state index in [9.17, 15) is 4.79 Å². The minimum absolute atomic E-state index is 0.0830. The second-order valence-corrected chi connectivity index (χ2v) is 3.14. The van der Waals surface area contributed by atoms with Gasteiger partial charge in [0.15, 0.2) is 0 Å². The third kappa shape index (κ3) is 2.19. The maximum atomic E-state index is 11.4. The number of nitrogens with two attached hydrogens (primary N) is 1. The minimum Gasteiger partial charge on any atom is -0.384 e. The van der Waals surface area contributed by atoms with E-state index in [0.717, 1.165) is 5.56 Å². The van der Waals surface area contributed by atoms with Crippen LogP contribution < -0.4 is 11.3 Å². The predicted molar refractivity (Wildman–Crippen MR) is 56.2 cm³/mol. The van der Waals surface area contributed by atoms with Crippen LogP contribution in [0.4, 0.5) is 5.82 Å². The predicted octanol–water partition coefficient (Wildman–Crippen LogP) is 0.269. The largest absolute Gasteiger partial charge is 0.384 e. The lowest BCUT2D eigenvalue weighted by Crippen LogP contribution is -2.19. The molecule has 2 aromatic rings. The molecule has 5 nitrogen and oxygen atoms in total. The Hall–Kier alpha value is -2.17. The molecule has 15 heavy (non-hydrogen) atoms. The van der Waals surface area contributed by atoms with Crippen LogP contribution in [0.5, 0.6) is 0 Å². The lowest BCUT2D eigenvalue weighted by molar-refractivity contribution is 0.735. The van der Waals surface area contributed by atoms with Gasteiger partial charge in [-0.2, -0.15) is 0 Å². The second-order valence-electron chi connectivity index (χ2n) is 3.14. The van der Waals surface area contributed by atoms with E-state index in [1.54, 1.807) is 12.3 Å². The number of hydrogen-bond donors (Lipinski definition) is 1. The first-order valence-corrected chi connectivity index (χ1v) is 4.46. The third-order valence-corrected chi connectivity index (χ3v) is 1.99. The van der Waals surface area contributed by atoms with Crippen molar-refractivity contribution in [2.45, 2.75) is 6.54 Å². The quantitative estimate of drug-likeness (QED) is 0.758. The van der Waals surface area contributed by atoms with Crippen molar-refractivity contribution in [1.29, 1.82) is 0 Å². The number of nitrogen functional groups attached to an aromatic ring is 1. The van der Waals surface area contributed by atoms with E-state index in [-0.39, 0.29) is 5.56 Å². The van der Waals surface area contributed by atoms with Gasteiger partial charge in [0.1, 0.15) is 5.82 Å². The van der Waals surface area contributed by atoms with Gasteiger partial charge in [-0.25, -0.2) is 9.97 Å². The van der Waals surface area contributed by atoms with Crippen molar-refractivity contribution in [3.63, 3.8) is 0 Å². The van der Waals surface area contributed by atoms with Crippen LogP contribution in [-0.4, -0.2) is 14.5 Å². The first-order chi connectivity index (χ1) is 7.25. The Morgan fingerprint density at radius 1 is 1.33 bits per heavy atom. The van der Waals surface area contributed by atoms with Gasteiger partial charge in [0, 0.05) is 18.5 Å². The summed E-state index contributed by atoms with van der Waals surface area (Å²) < 4.78 is 1.51. The van der Waals surface area contributed by atoms with Crippen LogP contribution in [0.25, 0.3) is 0 Å². The summed E-state index contributed by atoms with van der Waals surface area (Å²) in [6, 6.07) is 4.97. The fourth-order valence-electron chi connectivity index (χ4n) is 1.29. The molecule has 0 bridgehead atoms. The van der Waals surface area contributed by atoms with Gasteiger partial charge < -0.3 is 5.73 Å². The van der Waals surface area contributed by atoms with Crippen molar-refractivity contribution in [2.75, 3.05) is 5.73 Å². The molecule has 0 aliphatic heterocycles. The summed E-state index contributed by atoms with van der Waals surface area (Å²) in [6.07, 6.45) is 4.59. The average Bonchev–Trinajstić information content (AvgIpc) is 2.22. The van der Waals surface area contributed by atoms with Crippen molar-refractivity contribution in [3.05, 3.63) is 52.8 Å². The van der Waals surface area contributed by atoms with Crippen LogP contribution in [0.2, 0.25) is 0 Å². The van der Waals surface area contributed by atoms with Gasteiger partial charge in [-0.1, -0.05) is 0 Å². The molecule has 0 aliphatic rings. The Balaban J connectivity index is 2.30. The first-order valence-electron chi connectivity index (χ1n) is 4.46. The zero-order chi connectivity index (χ0) is 10.7. The number of rotatable bonds is 2. The van der Waals surface area contributed by atoms with E-state index >= 15 is 0 Å². The minimum atomic E-state index is -0.0830. The fraction of sp³-hybridized carbons (Fsp3) is 0.100. The Kier molecular flexibility index (Phi) is 2.45. The van der Waals surface area contributed by atoms with Gasteiger partial charge in [0.25, 0.3) is 5.56 Å². The number of pyridine rings is 1. The molecular weight excluding hydrogens is 192 g/mol. The highest BCUT2D eigenvalue weighted by Gasteiger charge is 1.97. The molecule has 0 spiro atoms. The molecule has 76 valence electrons. The van der Waals surface area contributed by atoms with Crippen LogP contribution in [0.15, 0.2) is 41.7 Å².